The Labute approximate surface area is 114 Å². The third-order valence-electron chi connectivity index (χ3n) is 3.20. The molecule has 0 aliphatic carbocycles. The number of nitrogens with one attached hydrogen (secondary N) is 1. The zero-order valence-corrected chi connectivity index (χ0v) is 12.1. The van der Waals surface area contributed by atoms with E-state index in [1.54, 1.807) is 0 Å². The molecule has 0 aromatic heterocycles. The summed E-state index contributed by atoms with van der Waals surface area (Å²) in [6.07, 6.45) is 1.02. The largest absolute Gasteiger partial charge is 0.480 e. The highest BCUT2D eigenvalue weighted by Crippen LogP contribution is 2.13. The molecule has 0 saturated carbocycles. The Morgan fingerprint density at radius 1 is 1.26 bits per heavy atom. The van der Waals surface area contributed by atoms with Gasteiger partial charge in [-0.1, -0.05) is 0 Å². The van der Waals surface area contributed by atoms with Crippen molar-refractivity contribution < 1.29 is 14.7 Å². The fourth-order valence-corrected chi connectivity index (χ4v) is 2.17. The molecule has 1 amide bonds. The van der Waals surface area contributed by atoms with Crippen molar-refractivity contribution >= 4 is 11.9 Å². The van der Waals surface area contributed by atoms with Gasteiger partial charge in [0.15, 0.2) is 0 Å². The molecule has 1 aliphatic rings. The molecule has 1 heterocycles. The molecule has 0 spiro atoms. The highest BCUT2D eigenvalue weighted by Gasteiger charge is 2.29. The second-order valence-electron chi connectivity index (χ2n) is 5.92. The van der Waals surface area contributed by atoms with E-state index in [1.807, 2.05) is 20.8 Å². The van der Waals surface area contributed by atoms with E-state index in [9.17, 15) is 9.59 Å². The summed E-state index contributed by atoms with van der Waals surface area (Å²) in [6, 6.07) is 0. The maximum Gasteiger partial charge on any atom is 0.323 e. The van der Waals surface area contributed by atoms with Crippen LogP contribution in [0.1, 0.15) is 27.2 Å². The summed E-state index contributed by atoms with van der Waals surface area (Å²) in [6.45, 7) is 9.19. The molecule has 0 unspecified atom stereocenters. The summed E-state index contributed by atoms with van der Waals surface area (Å²) >= 11 is 0. The SMILES string of the molecule is CC(C)(C)N(CC(=O)O)C(=O)CN1CCCNCC1. The maximum atomic E-state index is 12.3. The average molecular weight is 271 g/mol. The summed E-state index contributed by atoms with van der Waals surface area (Å²) in [4.78, 5) is 26.7. The summed E-state index contributed by atoms with van der Waals surface area (Å²) in [5.41, 5.74) is -0.473. The maximum absolute atomic E-state index is 12.3. The fraction of sp³-hybridized carbons (Fsp3) is 0.846. The average Bonchev–Trinajstić information content (AvgIpc) is 2.52. The minimum atomic E-state index is -0.971. The molecule has 2 N–H and O–H groups in total. The van der Waals surface area contributed by atoms with Gasteiger partial charge in [0, 0.05) is 18.6 Å². The molecular formula is C13H25N3O3. The van der Waals surface area contributed by atoms with E-state index in [4.69, 9.17) is 5.11 Å². The van der Waals surface area contributed by atoms with Gasteiger partial charge in [0.05, 0.1) is 6.54 Å². The van der Waals surface area contributed by atoms with Crippen LogP contribution in [0.15, 0.2) is 0 Å². The van der Waals surface area contributed by atoms with Crippen LogP contribution in [-0.2, 0) is 9.59 Å². The van der Waals surface area contributed by atoms with Crippen LogP contribution in [0.2, 0.25) is 0 Å². The van der Waals surface area contributed by atoms with Crippen LogP contribution in [0.4, 0.5) is 0 Å². The molecule has 19 heavy (non-hydrogen) atoms. The first-order chi connectivity index (χ1) is 8.80. The van der Waals surface area contributed by atoms with Crippen LogP contribution in [0.5, 0.6) is 0 Å². The molecule has 0 radical (unpaired) electrons. The van der Waals surface area contributed by atoms with Crippen molar-refractivity contribution in [3.05, 3.63) is 0 Å². The second kappa shape index (κ2) is 6.86. The Balaban J connectivity index is 2.62. The lowest BCUT2D eigenvalue weighted by Crippen LogP contribution is -2.52. The van der Waals surface area contributed by atoms with E-state index >= 15 is 0 Å². The smallest absolute Gasteiger partial charge is 0.323 e. The normalized spacial score (nSPS) is 17.8. The highest BCUT2D eigenvalue weighted by atomic mass is 16.4. The summed E-state index contributed by atoms with van der Waals surface area (Å²) < 4.78 is 0. The van der Waals surface area contributed by atoms with Gasteiger partial charge >= 0.3 is 5.97 Å². The van der Waals surface area contributed by atoms with Crippen molar-refractivity contribution in [2.24, 2.45) is 0 Å². The van der Waals surface area contributed by atoms with E-state index < -0.39 is 11.5 Å². The number of carboxylic acids is 1. The molecule has 0 aromatic carbocycles. The zero-order valence-electron chi connectivity index (χ0n) is 12.1. The van der Waals surface area contributed by atoms with Crippen LogP contribution < -0.4 is 5.32 Å². The van der Waals surface area contributed by atoms with Gasteiger partial charge in [-0.25, -0.2) is 0 Å². The first kappa shape index (κ1) is 15.9. The molecule has 0 atom stereocenters. The summed E-state index contributed by atoms with van der Waals surface area (Å²) in [5, 5.41) is 12.2. The predicted molar refractivity (Wildman–Crippen MR) is 73.0 cm³/mol. The molecule has 110 valence electrons. The van der Waals surface area contributed by atoms with E-state index in [1.165, 1.54) is 4.90 Å². The highest BCUT2D eigenvalue weighted by molar-refractivity contribution is 5.83. The number of hydrogen-bond donors (Lipinski definition) is 2. The molecule has 6 heteroatoms. The number of carbonyl (C=O) groups is 2. The number of carboxylic acid groups (broad SMARTS) is 1. The third kappa shape index (κ3) is 5.57. The van der Waals surface area contributed by atoms with Crippen molar-refractivity contribution in [2.75, 3.05) is 39.3 Å². The van der Waals surface area contributed by atoms with Crippen LogP contribution in [-0.4, -0.2) is 71.6 Å². The number of hydrogen-bond acceptors (Lipinski definition) is 4. The van der Waals surface area contributed by atoms with Crippen molar-refractivity contribution in [1.29, 1.82) is 0 Å². The van der Waals surface area contributed by atoms with Gasteiger partial charge in [0.1, 0.15) is 6.54 Å². The molecule has 0 aromatic rings. The van der Waals surface area contributed by atoms with Crippen LogP contribution in [0, 0.1) is 0 Å². The minimum absolute atomic E-state index is 0.114. The van der Waals surface area contributed by atoms with Crippen LogP contribution >= 0.6 is 0 Å². The Morgan fingerprint density at radius 3 is 2.53 bits per heavy atom. The van der Waals surface area contributed by atoms with E-state index in [-0.39, 0.29) is 12.5 Å². The quantitative estimate of drug-likeness (QED) is 0.752. The van der Waals surface area contributed by atoms with Gasteiger partial charge in [-0.05, 0) is 40.3 Å². The van der Waals surface area contributed by atoms with Gasteiger partial charge in [0.25, 0.3) is 0 Å². The van der Waals surface area contributed by atoms with Crippen molar-refractivity contribution in [3.8, 4) is 0 Å². The zero-order chi connectivity index (χ0) is 14.5. The lowest BCUT2D eigenvalue weighted by molar-refractivity contribution is -0.148. The predicted octanol–water partition coefficient (Wildman–Crippen LogP) is -0.00660. The van der Waals surface area contributed by atoms with Gasteiger partial charge in [-0.2, -0.15) is 0 Å². The van der Waals surface area contributed by atoms with Crippen LogP contribution in [0.3, 0.4) is 0 Å². The third-order valence-corrected chi connectivity index (χ3v) is 3.20. The summed E-state index contributed by atoms with van der Waals surface area (Å²) in [5.74, 6) is -1.09. The number of aliphatic carboxylic acids is 1. The number of nitrogens with zero attached hydrogens (tertiary/aromatic N) is 2. The monoisotopic (exact) mass is 271 g/mol. The van der Waals surface area contributed by atoms with Crippen molar-refractivity contribution in [1.82, 2.24) is 15.1 Å². The number of rotatable bonds is 4. The topological polar surface area (TPSA) is 72.9 Å². The first-order valence-corrected chi connectivity index (χ1v) is 6.76. The fourth-order valence-electron chi connectivity index (χ4n) is 2.17. The van der Waals surface area contributed by atoms with Crippen molar-refractivity contribution in [3.63, 3.8) is 0 Å². The lowest BCUT2D eigenvalue weighted by Gasteiger charge is -2.35. The standard InChI is InChI=1S/C13H25N3O3/c1-13(2,3)16(10-12(18)19)11(17)9-15-7-4-5-14-6-8-15/h14H,4-10H2,1-3H3,(H,18,19). The van der Waals surface area contributed by atoms with E-state index in [0.29, 0.717) is 6.54 Å². The first-order valence-electron chi connectivity index (χ1n) is 6.76. The number of amides is 1. The minimum Gasteiger partial charge on any atom is -0.480 e. The second-order valence-corrected chi connectivity index (χ2v) is 5.92. The molecular weight excluding hydrogens is 246 g/mol. The molecule has 0 bridgehead atoms. The summed E-state index contributed by atoms with van der Waals surface area (Å²) in [7, 11) is 0. The molecule has 1 fully saturated rings. The molecule has 1 rings (SSSR count). The Hall–Kier alpha value is -1.14. The molecule has 6 nitrogen and oxygen atoms in total. The Morgan fingerprint density at radius 2 is 1.95 bits per heavy atom. The van der Waals surface area contributed by atoms with E-state index in [0.717, 1.165) is 32.6 Å². The lowest BCUT2D eigenvalue weighted by atomic mass is 10.1. The Bertz CT molecular complexity index is 318. The Kier molecular flexibility index (Phi) is 5.75. The van der Waals surface area contributed by atoms with Gasteiger partial charge in [-0.3, -0.25) is 14.5 Å². The number of carbonyl (C=O) groups excluding carboxylic acids is 1. The molecule has 1 aliphatic heterocycles. The molecule has 1 saturated heterocycles. The van der Waals surface area contributed by atoms with Gasteiger partial charge in [0.2, 0.25) is 5.91 Å². The van der Waals surface area contributed by atoms with Crippen molar-refractivity contribution in [2.45, 2.75) is 32.7 Å². The van der Waals surface area contributed by atoms with E-state index in [2.05, 4.69) is 10.2 Å². The van der Waals surface area contributed by atoms with Crippen LogP contribution in [0.25, 0.3) is 0 Å². The van der Waals surface area contributed by atoms with Gasteiger partial charge < -0.3 is 15.3 Å². The van der Waals surface area contributed by atoms with Gasteiger partial charge in [-0.15, -0.1) is 0 Å².